The van der Waals surface area contributed by atoms with E-state index in [1.807, 2.05) is 19.1 Å². The zero-order valence-corrected chi connectivity index (χ0v) is 13.4. The summed E-state index contributed by atoms with van der Waals surface area (Å²) in [6, 6.07) is 7.08. The monoisotopic (exact) mass is 352 g/mol. The van der Waals surface area contributed by atoms with Crippen LogP contribution < -0.4 is 0 Å². The maximum absolute atomic E-state index is 13.4. The maximum atomic E-state index is 13.4. The number of aryl methyl sites for hydroxylation is 1. The molecule has 0 unspecified atom stereocenters. The fraction of sp³-hybridized carbons (Fsp3) is 0.214. The first-order chi connectivity index (χ1) is 11.4. The molecule has 3 aromatic rings. The Kier molecular flexibility index (Phi) is 4.22. The molecule has 0 N–H and O–H groups in total. The summed E-state index contributed by atoms with van der Waals surface area (Å²) in [7, 11) is 0. The molecule has 0 aliphatic carbocycles. The first-order valence-electron chi connectivity index (χ1n) is 6.74. The van der Waals surface area contributed by atoms with E-state index in [2.05, 4.69) is 25.5 Å². The molecule has 0 aliphatic heterocycles. The van der Waals surface area contributed by atoms with Crippen molar-refractivity contribution in [2.24, 2.45) is 0 Å². The molecule has 24 heavy (non-hydrogen) atoms. The largest absolute Gasteiger partial charge is 0.434 e. The van der Waals surface area contributed by atoms with Crippen LogP contribution in [0.15, 0.2) is 35.6 Å². The van der Waals surface area contributed by atoms with Crippen LogP contribution in [-0.4, -0.2) is 36.4 Å². The summed E-state index contributed by atoms with van der Waals surface area (Å²) < 4.78 is 41.3. The van der Waals surface area contributed by atoms with Crippen molar-refractivity contribution in [3.05, 3.63) is 41.7 Å². The number of hydrogen-bond acceptors (Lipinski definition) is 6. The van der Waals surface area contributed by atoms with Crippen LogP contribution in [-0.2, 0) is 6.18 Å². The Labute approximate surface area is 139 Å². The van der Waals surface area contributed by atoms with E-state index in [9.17, 15) is 13.2 Å². The summed E-state index contributed by atoms with van der Waals surface area (Å²) in [6.07, 6.45) is -1.95. The predicted molar refractivity (Wildman–Crippen MR) is 81.7 cm³/mol. The van der Waals surface area contributed by atoms with E-state index in [0.29, 0.717) is 5.69 Å². The first-order valence-corrected chi connectivity index (χ1v) is 7.96. The number of halogens is 3. The third-order valence-electron chi connectivity index (χ3n) is 3.21. The van der Waals surface area contributed by atoms with Gasteiger partial charge in [0.2, 0.25) is 0 Å². The lowest BCUT2D eigenvalue weighted by Crippen LogP contribution is -2.13. The van der Waals surface area contributed by atoms with Crippen molar-refractivity contribution >= 4 is 11.8 Å². The number of benzene rings is 1. The van der Waals surface area contributed by atoms with E-state index in [1.54, 1.807) is 18.4 Å². The van der Waals surface area contributed by atoms with E-state index in [4.69, 9.17) is 0 Å². The summed E-state index contributed by atoms with van der Waals surface area (Å²) in [5, 5.41) is 11.0. The Morgan fingerprint density at radius 2 is 1.83 bits per heavy atom. The number of rotatable bonds is 3. The summed E-state index contributed by atoms with van der Waals surface area (Å²) >= 11 is 1.03. The Hall–Kier alpha value is -2.49. The minimum atomic E-state index is -4.65. The SMILES string of the molecule is CSc1ncc(-c2nnnn2-c2ccc(C)cc2)c(C(F)(F)F)n1. The highest BCUT2D eigenvalue weighted by atomic mass is 32.2. The van der Waals surface area contributed by atoms with Gasteiger partial charge in [0.05, 0.1) is 11.3 Å². The quantitative estimate of drug-likeness (QED) is 0.533. The molecule has 10 heteroatoms. The zero-order valence-electron chi connectivity index (χ0n) is 12.6. The zero-order chi connectivity index (χ0) is 17.3. The van der Waals surface area contributed by atoms with Crippen LogP contribution in [0.4, 0.5) is 13.2 Å². The number of aromatic nitrogens is 6. The van der Waals surface area contributed by atoms with Crippen LogP contribution >= 0.6 is 11.8 Å². The number of nitrogens with zero attached hydrogens (tertiary/aromatic N) is 6. The van der Waals surface area contributed by atoms with Gasteiger partial charge in [-0.3, -0.25) is 0 Å². The average Bonchev–Trinajstić information content (AvgIpc) is 3.03. The molecular weight excluding hydrogens is 341 g/mol. The van der Waals surface area contributed by atoms with Crippen molar-refractivity contribution in [2.45, 2.75) is 18.3 Å². The molecular formula is C14H11F3N6S. The smallest absolute Gasteiger partial charge is 0.230 e. The van der Waals surface area contributed by atoms with Crippen molar-refractivity contribution in [2.75, 3.05) is 6.26 Å². The minimum absolute atomic E-state index is 0.0282. The molecule has 2 aromatic heterocycles. The first kappa shape index (κ1) is 16.4. The Morgan fingerprint density at radius 3 is 2.46 bits per heavy atom. The number of hydrogen-bond donors (Lipinski definition) is 0. The van der Waals surface area contributed by atoms with Gasteiger partial charge in [0.1, 0.15) is 0 Å². The number of tetrazole rings is 1. The van der Waals surface area contributed by atoms with E-state index in [1.165, 1.54) is 4.68 Å². The lowest BCUT2D eigenvalue weighted by atomic mass is 10.2. The molecule has 0 fully saturated rings. The summed E-state index contributed by atoms with van der Waals surface area (Å²) in [4.78, 5) is 7.50. The van der Waals surface area contributed by atoms with Crippen LogP contribution in [0.25, 0.3) is 17.1 Å². The van der Waals surface area contributed by atoms with Crippen molar-refractivity contribution in [1.29, 1.82) is 0 Å². The van der Waals surface area contributed by atoms with Gasteiger partial charge < -0.3 is 0 Å². The van der Waals surface area contributed by atoms with Crippen LogP contribution in [0.5, 0.6) is 0 Å². The van der Waals surface area contributed by atoms with Crippen LogP contribution in [0.1, 0.15) is 11.3 Å². The predicted octanol–water partition coefficient (Wildman–Crippen LogP) is 3.17. The fourth-order valence-electron chi connectivity index (χ4n) is 2.06. The average molecular weight is 352 g/mol. The maximum Gasteiger partial charge on any atom is 0.434 e. The second-order valence-corrected chi connectivity index (χ2v) is 5.64. The van der Waals surface area contributed by atoms with Gasteiger partial charge in [0.25, 0.3) is 0 Å². The van der Waals surface area contributed by atoms with Gasteiger partial charge in [0, 0.05) is 6.20 Å². The van der Waals surface area contributed by atoms with Crippen LogP contribution in [0.2, 0.25) is 0 Å². The summed E-state index contributed by atoms with van der Waals surface area (Å²) in [6.45, 7) is 1.90. The molecule has 0 radical (unpaired) electrons. The van der Waals surface area contributed by atoms with E-state index < -0.39 is 11.9 Å². The summed E-state index contributed by atoms with van der Waals surface area (Å²) in [5.41, 5.74) is 0.218. The van der Waals surface area contributed by atoms with Crippen molar-refractivity contribution in [3.63, 3.8) is 0 Å². The number of alkyl halides is 3. The van der Waals surface area contributed by atoms with Gasteiger partial charge >= 0.3 is 6.18 Å². The van der Waals surface area contributed by atoms with Crippen LogP contribution in [0, 0.1) is 6.92 Å². The lowest BCUT2D eigenvalue weighted by Gasteiger charge is -2.12. The minimum Gasteiger partial charge on any atom is -0.230 e. The molecule has 124 valence electrons. The van der Waals surface area contributed by atoms with E-state index in [-0.39, 0.29) is 16.5 Å². The molecule has 3 rings (SSSR count). The molecule has 1 aromatic carbocycles. The lowest BCUT2D eigenvalue weighted by molar-refractivity contribution is -0.141. The Bertz CT molecular complexity index is 860. The molecule has 2 heterocycles. The highest BCUT2D eigenvalue weighted by Crippen LogP contribution is 2.35. The fourth-order valence-corrected chi connectivity index (χ4v) is 2.40. The van der Waals surface area contributed by atoms with Crippen molar-refractivity contribution in [1.82, 2.24) is 30.2 Å². The molecule has 0 spiro atoms. The normalized spacial score (nSPS) is 11.7. The third kappa shape index (κ3) is 3.09. The Morgan fingerprint density at radius 1 is 1.12 bits per heavy atom. The molecule has 0 bridgehead atoms. The second-order valence-electron chi connectivity index (χ2n) is 4.87. The van der Waals surface area contributed by atoms with E-state index in [0.717, 1.165) is 23.5 Å². The standard InChI is InChI=1S/C14H11F3N6S/c1-8-3-5-9(6-4-8)23-12(20-21-22-23)10-7-18-13(24-2)19-11(10)14(15,16)17/h3-7H,1-2H3. The van der Waals surface area contributed by atoms with Gasteiger partial charge in [-0.2, -0.15) is 17.9 Å². The molecule has 0 atom stereocenters. The van der Waals surface area contributed by atoms with Gasteiger partial charge in [-0.05, 0) is 35.7 Å². The third-order valence-corrected chi connectivity index (χ3v) is 3.77. The molecule has 0 aliphatic rings. The molecule has 6 nitrogen and oxygen atoms in total. The van der Waals surface area contributed by atoms with Gasteiger partial charge in [-0.1, -0.05) is 29.5 Å². The summed E-state index contributed by atoms with van der Waals surface area (Å²) in [5.74, 6) is -0.0705. The van der Waals surface area contributed by atoms with Gasteiger partial charge in [0.15, 0.2) is 16.7 Å². The molecule has 0 amide bonds. The van der Waals surface area contributed by atoms with Gasteiger partial charge in [-0.15, -0.1) is 5.10 Å². The van der Waals surface area contributed by atoms with Crippen molar-refractivity contribution < 1.29 is 13.2 Å². The van der Waals surface area contributed by atoms with Gasteiger partial charge in [-0.25, -0.2) is 9.97 Å². The van der Waals surface area contributed by atoms with Crippen molar-refractivity contribution in [3.8, 4) is 17.1 Å². The second kappa shape index (κ2) is 6.19. The highest BCUT2D eigenvalue weighted by Gasteiger charge is 2.38. The number of thioether (sulfide) groups is 1. The molecule has 0 saturated carbocycles. The topological polar surface area (TPSA) is 69.4 Å². The molecule has 0 saturated heterocycles. The van der Waals surface area contributed by atoms with E-state index >= 15 is 0 Å². The highest BCUT2D eigenvalue weighted by molar-refractivity contribution is 7.98. The Balaban J connectivity index is 2.17. The van der Waals surface area contributed by atoms with Crippen LogP contribution in [0.3, 0.4) is 0 Å².